The number of hydrogen-bond acceptors (Lipinski definition) is 3. The van der Waals surface area contributed by atoms with Gasteiger partial charge in [0.05, 0.1) is 11.2 Å². The van der Waals surface area contributed by atoms with Crippen LogP contribution in [0.2, 0.25) is 0 Å². The Morgan fingerprint density at radius 3 is 2.19 bits per heavy atom. The Morgan fingerprint density at radius 2 is 1.50 bits per heavy atom. The molecule has 2 aromatic carbocycles. The van der Waals surface area contributed by atoms with Crippen LogP contribution in [0.3, 0.4) is 0 Å². The molecule has 0 unspecified atom stereocenters. The maximum atomic E-state index is 9.83. The molecule has 0 amide bonds. The van der Waals surface area contributed by atoms with Gasteiger partial charge in [-0.15, -0.1) is 0 Å². The molecule has 2 aromatic rings. The molecule has 0 aliphatic heterocycles. The zero-order valence-corrected chi connectivity index (χ0v) is 15.8. The number of hydrogen-bond donors (Lipinski definition) is 3. The molecular weight excluding hydrogens is 324 g/mol. The van der Waals surface area contributed by atoms with E-state index in [0.29, 0.717) is 5.56 Å². The average Bonchev–Trinajstić information content (AvgIpc) is 2.57. The largest absolute Gasteiger partial charge is 0.507 e. The van der Waals surface area contributed by atoms with Gasteiger partial charge in [0.2, 0.25) is 0 Å². The SMILES string of the molecule is CC(C)(O)CCCCCCc1cccc(C=Cc2c(O)cccc2O)c1. The normalized spacial score (nSPS) is 12.0. The van der Waals surface area contributed by atoms with Crippen LogP contribution >= 0.6 is 0 Å². The summed E-state index contributed by atoms with van der Waals surface area (Å²) in [6.45, 7) is 3.72. The Labute approximate surface area is 156 Å². The zero-order valence-electron chi connectivity index (χ0n) is 15.8. The van der Waals surface area contributed by atoms with Gasteiger partial charge in [0, 0.05) is 0 Å². The number of unbranched alkanes of at least 4 members (excludes halogenated alkanes) is 3. The summed E-state index contributed by atoms with van der Waals surface area (Å²) < 4.78 is 0. The predicted molar refractivity (Wildman–Crippen MR) is 108 cm³/mol. The van der Waals surface area contributed by atoms with Crippen molar-refractivity contribution in [2.75, 3.05) is 0 Å². The quantitative estimate of drug-likeness (QED) is 0.410. The fourth-order valence-electron chi connectivity index (χ4n) is 2.98. The van der Waals surface area contributed by atoms with Crippen molar-refractivity contribution in [2.24, 2.45) is 0 Å². The molecule has 0 saturated heterocycles. The summed E-state index contributed by atoms with van der Waals surface area (Å²) in [4.78, 5) is 0. The van der Waals surface area contributed by atoms with Crippen molar-refractivity contribution in [1.29, 1.82) is 0 Å². The number of aromatic hydroxyl groups is 2. The monoisotopic (exact) mass is 354 g/mol. The van der Waals surface area contributed by atoms with Gasteiger partial charge < -0.3 is 15.3 Å². The van der Waals surface area contributed by atoms with Crippen LogP contribution in [0.15, 0.2) is 42.5 Å². The molecule has 0 heterocycles. The number of rotatable bonds is 9. The van der Waals surface area contributed by atoms with Crippen LogP contribution in [-0.2, 0) is 6.42 Å². The molecule has 0 fully saturated rings. The molecule has 140 valence electrons. The Hall–Kier alpha value is -2.26. The Kier molecular flexibility index (Phi) is 7.28. The summed E-state index contributed by atoms with van der Waals surface area (Å²) in [5.41, 5.74) is 2.22. The maximum absolute atomic E-state index is 9.83. The van der Waals surface area contributed by atoms with Gasteiger partial charge in [-0.1, -0.05) is 55.7 Å². The van der Waals surface area contributed by atoms with Gasteiger partial charge in [0.25, 0.3) is 0 Å². The number of aliphatic hydroxyl groups is 1. The lowest BCUT2D eigenvalue weighted by Gasteiger charge is -2.16. The van der Waals surface area contributed by atoms with Crippen LogP contribution in [0.25, 0.3) is 12.2 Å². The summed E-state index contributed by atoms with van der Waals surface area (Å²) in [5, 5.41) is 29.4. The van der Waals surface area contributed by atoms with Gasteiger partial charge in [-0.05, 0) is 62.4 Å². The molecule has 2 rings (SSSR count). The number of aryl methyl sites for hydroxylation is 1. The van der Waals surface area contributed by atoms with Crippen LogP contribution in [0.4, 0.5) is 0 Å². The zero-order chi connectivity index (χ0) is 19.0. The molecule has 0 aliphatic carbocycles. The van der Waals surface area contributed by atoms with E-state index in [-0.39, 0.29) is 11.5 Å². The second-order valence-electron chi connectivity index (χ2n) is 7.51. The predicted octanol–water partition coefficient (Wildman–Crippen LogP) is 5.53. The van der Waals surface area contributed by atoms with Gasteiger partial charge in [0.15, 0.2) is 0 Å². The minimum absolute atomic E-state index is 0.0726. The van der Waals surface area contributed by atoms with E-state index in [9.17, 15) is 15.3 Å². The minimum atomic E-state index is -0.553. The fraction of sp³-hybridized carbons (Fsp3) is 0.391. The number of phenolic OH excluding ortho intramolecular Hbond substituents is 2. The van der Waals surface area contributed by atoms with Crippen molar-refractivity contribution in [2.45, 2.75) is 58.0 Å². The highest BCUT2D eigenvalue weighted by atomic mass is 16.3. The van der Waals surface area contributed by atoms with E-state index in [1.54, 1.807) is 24.3 Å². The first kappa shape index (κ1) is 20.1. The molecule has 0 spiro atoms. The third-order valence-electron chi connectivity index (χ3n) is 4.46. The molecule has 0 aliphatic rings. The van der Waals surface area contributed by atoms with Gasteiger partial charge in [-0.3, -0.25) is 0 Å². The molecule has 26 heavy (non-hydrogen) atoms. The smallest absolute Gasteiger partial charge is 0.126 e. The second kappa shape index (κ2) is 9.44. The molecule has 0 aromatic heterocycles. The summed E-state index contributed by atoms with van der Waals surface area (Å²) >= 11 is 0. The molecule has 0 atom stereocenters. The average molecular weight is 354 g/mol. The van der Waals surface area contributed by atoms with E-state index >= 15 is 0 Å². The lowest BCUT2D eigenvalue weighted by molar-refractivity contribution is 0.0680. The van der Waals surface area contributed by atoms with Gasteiger partial charge in [0.1, 0.15) is 11.5 Å². The van der Waals surface area contributed by atoms with Crippen molar-refractivity contribution in [1.82, 2.24) is 0 Å². The third kappa shape index (κ3) is 6.93. The van der Waals surface area contributed by atoms with E-state index < -0.39 is 5.60 Å². The van der Waals surface area contributed by atoms with E-state index in [2.05, 4.69) is 12.1 Å². The molecule has 0 bridgehead atoms. The summed E-state index contributed by atoms with van der Waals surface area (Å²) in [6.07, 6.45) is 10.0. The Bertz CT molecular complexity index is 706. The van der Waals surface area contributed by atoms with Crippen LogP contribution in [-0.4, -0.2) is 20.9 Å². The highest BCUT2D eigenvalue weighted by molar-refractivity contribution is 5.75. The topological polar surface area (TPSA) is 60.7 Å². The molecule has 3 heteroatoms. The van der Waals surface area contributed by atoms with E-state index in [1.807, 2.05) is 32.1 Å². The first-order valence-corrected chi connectivity index (χ1v) is 9.35. The Balaban J connectivity index is 1.85. The van der Waals surface area contributed by atoms with Crippen molar-refractivity contribution in [3.05, 3.63) is 59.2 Å². The standard InChI is InChI=1S/C23H30O3/c1-23(2,26)16-6-4-3-5-9-18-10-7-11-19(17-18)14-15-20-21(24)12-8-13-22(20)25/h7-8,10-15,17,24-26H,3-6,9,16H2,1-2H3. The van der Waals surface area contributed by atoms with Gasteiger partial charge in [-0.25, -0.2) is 0 Å². The minimum Gasteiger partial charge on any atom is -0.507 e. The number of phenols is 2. The lowest BCUT2D eigenvalue weighted by atomic mass is 9.99. The van der Waals surface area contributed by atoms with Gasteiger partial charge in [-0.2, -0.15) is 0 Å². The van der Waals surface area contributed by atoms with E-state index in [4.69, 9.17) is 0 Å². The van der Waals surface area contributed by atoms with Crippen LogP contribution in [0.1, 0.15) is 62.6 Å². The van der Waals surface area contributed by atoms with Crippen LogP contribution in [0.5, 0.6) is 11.5 Å². The van der Waals surface area contributed by atoms with Crippen molar-refractivity contribution in [3.63, 3.8) is 0 Å². The first-order chi connectivity index (χ1) is 12.3. The van der Waals surface area contributed by atoms with Crippen LogP contribution < -0.4 is 0 Å². The molecule has 0 saturated carbocycles. The first-order valence-electron chi connectivity index (χ1n) is 9.35. The highest BCUT2D eigenvalue weighted by Crippen LogP contribution is 2.28. The van der Waals surface area contributed by atoms with Crippen molar-refractivity contribution < 1.29 is 15.3 Å². The fourth-order valence-corrected chi connectivity index (χ4v) is 2.98. The molecule has 0 radical (unpaired) electrons. The highest BCUT2D eigenvalue weighted by Gasteiger charge is 2.10. The molecule has 3 nitrogen and oxygen atoms in total. The summed E-state index contributed by atoms with van der Waals surface area (Å²) in [5.74, 6) is 0.145. The summed E-state index contributed by atoms with van der Waals surface area (Å²) in [6, 6.07) is 13.1. The van der Waals surface area contributed by atoms with Gasteiger partial charge >= 0.3 is 0 Å². The maximum Gasteiger partial charge on any atom is 0.126 e. The Morgan fingerprint density at radius 1 is 0.846 bits per heavy atom. The number of benzene rings is 2. The van der Waals surface area contributed by atoms with E-state index in [1.165, 1.54) is 12.0 Å². The summed E-state index contributed by atoms with van der Waals surface area (Å²) in [7, 11) is 0. The van der Waals surface area contributed by atoms with Crippen LogP contribution in [0, 0.1) is 0 Å². The van der Waals surface area contributed by atoms with E-state index in [0.717, 1.165) is 37.7 Å². The third-order valence-corrected chi connectivity index (χ3v) is 4.46. The molecular formula is C23H30O3. The second-order valence-corrected chi connectivity index (χ2v) is 7.51. The lowest BCUT2D eigenvalue weighted by Crippen LogP contribution is -2.17. The van der Waals surface area contributed by atoms with Crippen molar-refractivity contribution >= 4 is 12.2 Å². The van der Waals surface area contributed by atoms with Crippen molar-refractivity contribution in [3.8, 4) is 11.5 Å². The molecule has 3 N–H and O–H groups in total.